The molecule has 0 aliphatic rings. The van der Waals surface area contributed by atoms with E-state index in [4.69, 9.17) is 4.74 Å². The van der Waals surface area contributed by atoms with Crippen LogP contribution in [0.2, 0.25) is 0 Å². The van der Waals surface area contributed by atoms with Gasteiger partial charge >= 0.3 is 0 Å². The molecular weight excluding hydrogens is 160 g/mol. The van der Waals surface area contributed by atoms with Crippen molar-refractivity contribution >= 4 is 0 Å². The molecule has 0 aromatic heterocycles. The predicted octanol–water partition coefficient (Wildman–Crippen LogP) is 2.88. The molecule has 0 radical (unpaired) electrons. The third kappa shape index (κ3) is 3.60. The first kappa shape index (κ1) is 10.3. The molecule has 0 N–H and O–H groups in total. The Hall–Kier alpha value is -0.820. The largest absolute Gasteiger partial charge is 0.385 e. The van der Waals surface area contributed by atoms with E-state index >= 15 is 0 Å². The zero-order chi connectivity index (χ0) is 9.68. The topological polar surface area (TPSA) is 9.23 Å². The van der Waals surface area contributed by atoms with Crippen LogP contribution in [0.25, 0.3) is 0 Å². The van der Waals surface area contributed by atoms with E-state index in [9.17, 15) is 0 Å². The Kier molecular flexibility index (Phi) is 3.97. The summed E-state index contributed by atoms with van der Waals surface area (Å²) >= 11 is 0. The first-order valence-corrected chi connectivity index (χ1v) is 4.78. The molecule has 1 aromatic carbocycles. The Morgan fingerprint density at radius 3 is 2.23 bits per heavy atom. The number of hydrogen-bond acceptors (Lipinski definition) is 1. The van der Waals surface area contributed by atoms with Crippen molar-refractivity contribution in [1.29, 1.82) is 0 Å². The summed E-state index contributed by atoms with van der Waals surface area (Å²) in [6.07, 6.45) is 2.23. The van der Waals surface area contributed by atoms with Gasteiger partial charge in [0, 0.05) is 13.7 Å². The Morgan fingerprint density at radius 1 is 1.08 bits per heavy atom. The van der Waals surface area contributed by atoms with Crippen molar-refractivity contribution < 1.29 is 4.74 Å². The maximum Gasteiger partial charge on any atom is 0.0465 e. The minimum absolute atomic E-state index is 0.854. The first-order chi connectivity index (χ1) is 6.22. The van der Waals surface area contributed by atoms with Crippen LogP contribution in [-0.4, -0.2) is 13.7 Å². The van der Waals surface area contributed by atoms with Gasteiger partial charge in [-0.3, -0.25) is 0 Å². The van der Waals surface area contributed by atoms with Crippen molar-refractivity contribution in [3.05, 3.63) is 34.9 Å². The fourth-order valence-corrected chi connectivity index (χ4v) is 1.63. The van der Waals surface area contributed by atoms with E-state index in [-0.39, 0.29) is 0 Å². The summed E-state index contributed by atoms with van der Waals surface area (Å²) in [7, 11) is 1.75. The monoisotopic (exact) mass is 178 g/mol. The van der Waals surface area contributed by atoms with Gasteiger partial charge in [-0.2, -0.15) is 0 Å². The van der Waals surface area contributed by atoms with E-state index in [2.05, 4.69) is 32.0 Å². The van der Waals surface area contributed by atoms with Crippen LogP contribution in [0.1, 0.15) is 23.1 Å². The van der Waals surface area contributed by atoms with Crippen LogP contribution >= 0.6 is 0 Å². The predicted molar refractivity (Wildman–Crippen MR) is 56.1 cm³/mol. The summed E-state index contributed by atoms with van der Waals surface area (Å²) in [6, 6.07) is 6.71. The summed E-state index contributed by atoms with van der Waals surface area (Å²) in [4.78, 5) is 0. The van der Waals surface area contributed by atoms with E-state index in [0.29, 0.717) is 0 Å². The molecule has 0 aliphatic heterocycles. The average Bonchev–Trinajstić information content (AvgIpc) is 2.03. The molecule has 0 unspecified atom stereocenters. The molecule has 0 spiro atoms. The van der Waals surface area contributed by atoms with Gasteiger partial charge in [0.1, 0.15) is 0 Å². The van der Waals surface area contributed by atoms with Gasteiger partial charge in [0.2, 0.25) is 0 Å². The zero-order valence-corrected chi connectivity index (χ0v) is 8.76. The minimum Gasteiger partial charge on any atom is -0.385 e. The lowest BCUT2D eigenvalue weighted by atomic mass is 10.0. The molecule has 1 heteroatoms. The Labute approximate surface area is 80.7 Å². The highest BCUT2D eigenvalue weighted by Gasteiger charge is 1.95. The highest BCUT2D eigenvalue weighted by atomic mass is 16.5. The molecule has 0 amide bonds. The first-order valence-electron chi connectivity index (χ1n) is 4.78. The van der Waals surface area contributed by atoms with Crippen molar-refractivity contribution in [2.45, 2.75) is 26.7 Å². The molecule has 72 valence electrons. The van der Waals surface area contributed by atoms with Crippen molar-refractivity contribution in [3.8, 4) is 0 Å². The second kappa shape index (κ2) is 5.03. The van der Waals surface area contributed by atoms with Gasteiger partial charge in [0.25, 0.3) is 0 Å². The SMILES string of the molecule is COCCCc1cc(C)cc(C)c1. The Balaban J connectivity index is 2.56. The van der Waals surface area contributed by atoms with Crippen molar-refractivity contribution in [2.24, 2.45) is 0 Å². The Morgan fingerprint density at radius 2 is 1.69 bits per heavy atom. The molecule has 0 atom stereocenters. The molecule has 13 heavy (non-hydrogen) atoms. The van der Waals surface area contributed by atoms with Crippen LogP contribution in [0.4, 0.5) is 0 Å². The average molecular weight is 178 g/mol. The standard InChI is InChI=1S/C12H18O/c1-10-7-11(2)9-12(8-10)5-4-6-13-3/h7-9H,4-6H2,1-3H3. The van der Waals surface area contributed by atoms with E-state index in [1.165, 1.54) is 16.7 Å². The lowest BCUT2D eigenvalue weighted by Crippen LogP contribution is -1.93. The number of rotatable bonds is 4. The fourth-order valence-electron chi connectivity index (χ4n) is 1.63. The molecule has 1 aromatic rings. The lowest BCUT2D eigenvalue weighted by molar-refractivity contribution is 0.195. The van der Waals surface area contributed by atoms with Gasteiger partial charge in [-0.25, -0.2) is 0 Å². The zero-order valence-electron chi connectivity index (χ0n) is 8.76. The minimum atomic E-state index is 0.854. The number of methoxy groups -OCH3 is 1. The van der Waals surface area contributed by atoms with Gasteiger partial charge in [-0.1, -0.05) is 29.3 Å². The third-order valence-electron chi connectivity index (χ3n) is 2.10. The molecule has 0 fully saturated rings. The molecular formula is C12H18O. The van der Waals surface area contributed by atoms with Crippen LogP contribution < -0.4 is 0 Å². The van der Waals surface area contributed by atoms with E-state index < -0.39 is 0 Å². The van der Waals surface area contributed by atoms with Crippen LogP contribution in [0.5, 0.6) is 0 Å². The fraction of sp³-hybridized carbons (Fsp3) is 0.500. The maximum absolute atomic E-state index is 5.02. The summed E-state index contributed by atoms with van der Waals surface area (Å²) in [5.74, 6) is 0. The normalized spacial score (nSPS) is 10.4. The van der Waals surface area contributed by atoms with E-state index in [1.807, 2.05) is 0 Å². The number of hydrogen-bond donors (Lipinski definition) is 0. The number of benzene rings is 1. The van der Waals surface area contributed by atoms with E-state index in [0.717, 1.165) is 19.4 Å². The van der Waals surface area contributed by atoms with Crippen molar-refractivity contribution in [3.63, 3.8) is 0 Å². The van der Waals surface area contributed by atoms with Crippen LogP contribution in [0, 0.1) is 13.8 Å². The molecule has 0 saturated heterocycles. The molecule has 0 heterocycles. The second-order valence-electron chi connectivity index (χ2n) is 3.59. The summed E-state index contributed by atoms with van der Waals surface area (Å²) in [5.41, 5.74) is 4.13. The van der Waals surface area contributed by atoms with E-state index in [1.54, 1.807) is 7.11 Å². The second-order valence-corrected chi connectivity index (χ2v) is 3.59. The van der Waals surface area contributed by atoms with Crippen molar-refractivity contribution in [1.82, 2.24) is 0 Å². The van der Waals surface area contributed by atoms with Crippen molar-refractivity contribution in [2.75, 3.05) is 13.7 Å². The Bertz CT molecular complexity index is 246. The molecule has 0 aliphatic carbocycles. The van der Waals surface area contributed by atoms with Crippen LogP contribution in [-0.2, 0) is 11.2 Å². The smallest absolute Gasteiger partial charge is 0.0465 e. The number of aryl methyl sites for hydroxylation is 3. The van der Waals surface area contributed by atoms with Gasteiger partial charge in [-0.05, 0) is 32.3 Å². The van der Waals surface area contributed by atoms with Crippen LogP contribution in [0.15, 0.2) is 18.2 Å². The molecule has 0 saturated carbocycles. The van der Waals surface area contributed by atoms with Gasteiger partial charge < -0.3 is 4.74 Å². The lowest BCUT2D eigenvalue weighted by Gasteiger charge is -2.04. The molecule has 0 bridgehead atoms. The molecule has 1 nitrogen and oxygen atoms in total. The number of ether oxygens (including phenoxy) is 1. The third-order valence-corrected chi connectivity index (χ3v) is 2.10. The molecule has 1 rings (SSSR count). The van der Waals surface area contributed by atoms with Gasteiger partial charge in [0.05, 0.1) is 0 Å². The quantitative estimate of drug-likeness (QED) is 0.644. The summed E-state index contributed by atoms with van der Waals surface area (Å²) in [6.45, 7) is 5.15. The summed E-state index contributed by atoms with van der Waals surface area (Å²) < 4.78 is 5.02. The highest BCUT2D eigenvalue weighted by molar-refractivity contribution is 5.28. The maximum atomic E-state index is 5.02. The van der Waals surface area contributed by atoms with Gasteiger partial charge in [0.15, 0.2) is 0 Å². The summed E-state index contributed by atoms with van der Waals surface area (Å²) in [5, 5.41) is 0. The van der Waals surface area contributed by atoms with Gasteiger partial charge in [-0.15, -0.1) is 0 Å². The highest BCUT2D eigenvalue weighted by Crippen LogP contribution is 2.10. The van der Waals surface area contributed by atoms with Crippen LogP contribution in [0.3, 0.4) is 0 Å².